The van der Waals surface area contributed by atoms with Crippen molar-refractivity contribution in [2.24, 2.45) is 0 Å². The van der Waals surface area contributed by atoms with Gasteiger partial charge in [0.15, 0.2) is 0 Å². The van der Waals surface area contributed by atoms with Crippen LogP contribution in [0.5, 0.6) is 0 Å². The number of carbonyl (C=O) groups is 3. The molecule has 2 aliphatic rings. The second kappa shape index (κ2) is 8.63. The molecule has 1 heterocycles. The average Bonchev–Trinajstić information content (AvgIpc) is 3.22. The normalized spacial score (nSPS) is 18.0. The molecule has 0 bridgehead atoms. The molecule has 1 saturated heterocycles. The van der Waals surface area contributed by atoms with Crippen molar-refractivity contribution in [3.8, 4) is 0 Å². The van der Waals surface area contributed by atoms with E-state index in [9.17, 15) is 22.8 Å². The zero-order valence-corrected chi connectivity index (χ0v) is 18.1. The number of nitrogens with one attached hydrogen (secondary N) is 3. The van der Waals surface area contributed by atoms with E-state index < -0.39 is 21.6 Å². The zero-order valence-electron chi connectivity index (χ0n) is 17.3. The van der Waals surface area contributed by atoms with Gasteiger partial charge in [0, 0.05) is 18.7 Å². The lowest BCUT2D eigenvalue weighted by Crippen LogP contribution is -2.44. The van der Waals surface area contributed by atoms with Gasteiger partial charge in [0.1, 0.15) is 5.54 Å². The minimum absolute atomic E-state index is 0.000117. The number of amides is 4. The van der Waals surface area contributed by atoms with Crippen LogP contribution in [-0.2, 0) is 19.6 Å². The van der Waals surface area contributed by atoms with E-state index in [2.05, 4.69) is 15.4 Å². The maximum Gasteiger partial charge on any atom is 0.325 e. The number of anilines is 2. The van der Waals surface area contributed by atoms with E-state index in [4.69, 9.17) is 0 Å². The van der Waals surface area contributed by atoms with E-state index in [1.807, 2.05) is 0 Å². The minimum atomic E-state index is -3.45. The Labute approximate surface area is 176 Å². The second-order valence-corrected chi connectivity index (χ2v) is 9.72. The summed E-state index contributed by atoms with van der Waals surface area (Å²) in [5, 5.41) is 5.53. The number of urea groups is 1. The predicted octanol–water partition coefficient (Wildman–Crippen LogP) is 2.34. The first-order chi connectivity index (χ1) is 14.2. The lowest BCUT2D eigenvalue weighted by atomic mass is 9.98. The third-order valence-electron chi connectivity index (χ3n) is 5.61. The molecular weight excluding hydrogens is 408 g/mol. The highest BCUT2D eigenvalue weighted by molar-refractivity contribution is 7.92. The number of benzene rings is 1. The summed E-state index contributed by atoms with van der Waals surface area (Å²) in [4.78, 5) is 38.4. The Bertz CT molecular complexity index is 954. The molecule has 1 saturated carbocycles. The molecule has 0 aromatic heterocycles. The topological polar surface area (TPSA) is 125 Å². The summed E-state index contributed by atoms with van der Waals surface area (Å²) in [5.74, 6) is -0.600. The van der Waals surface area contributed by atoms with Crippen LogP contribution < -0.4 is 15.4 Å². The molecular formula is C20H28N4O5S. The summed E-state index contributed by atoms with van der Waals surface area (Å²) in [6.07, 6.45) is 3.53. The average molecular weight is 437 g/mol. The summed E-state index contributed by atoms with van der Waals surface area (Å²) in [5.41, 5.74) is 0.679. The Morgan fingerprint density at radius 1 is 1.20 bits per heavy atom. The van der Waals surface area contributed by atoms with Gasteiger partial charge in [-0.15, -0.1) is 0 Å². The maximum atomic E-state index is 12.6. The van der Waals surface area contributed by atoms with Gasteiger partial charge >= 0.3 is 6.03 Å². The van der Waals surface area contributed by atoms with Crippen molar-refractivity contribution in [2.75, 3.05) is 22.3 Å². The van der Waals surface area contributed by atoms with Gasteiger partial charge in [-0.05, 0) is 43.9 Å². The third kappa shape index (κ3) is 4.58. The van der Waals surface area contributed by atoms with Crippen LogP contribution in [-0.4, -0.2) is 49.0 Å². The lowest BCUT2D eigenvalue weighted by molar-refractivity contribution is -0.131. The Balaban J connectivity index is 1.61. The second-order valence-electron chi connectivity index (χ2n) is 7.87. The first kappa shape index (κ1) is 22.1. The minimum Gasteiger partial charge on any atom is -0.326 e. The standard InChI is InChI=1S/C20H28N4O5S/c1-3-13-30(28,29)23-16-8-6-7-15(14(16)2)21-17(25)9-12-24-18(26)20(22-19(24)27)10-4-5-11-20/h6-8,23H,3-5,9-13H2,1-2H3,(H,21,25)(H,22,27). The number of carbonyl (C=O) groups excluding carboxylic acids is 3. The number of hydrogen-bond acceptors (Lipinski definition) is 5. The summed E-state index contributed by atoms with van der Waals surface area (Å²) in [7, 11) is -3.45. The Morgan fingerprint density at radius 3 is 2.53 bits per heavy atom. The van der Waals surface area contributed by atoms with Crippen LogP contribution in [0.3, 0.4) is 0 Å². The van der Waals surface area contributed by atoms with Crippen molar-refractivity contribution in [3.63, 3.8) is 0 Å². The Morgan fingerprint density at radius 2 is 1.87 bits per heavy atom. The van der Waals surface area contributed by atoms with Crippen LogP contribution in [0.4, 0.5) is 16.2 Å². The number of nitrogens with zero attached hydrogens (tertiary/aromatic N) is 1. The van der Waals surface area contributed by atoms with Crippen LogP contribution in [0, 0.1) is 6.92 Å². The molecule has 3 N–H and O–H groups in total. The van der Waals surface area contributed by atoms with Crippen LogP contribution >= 0.6 is 0 Å². The SMILES string of the molecule is CCCS(=O)(=O)Nc1cccc(NC(=O)CCN2C(=O)NC3(CCCC3)C2=O)c1C. The Hall–Kier alpha value is -2.62. The largest absolute Gasteiger partial charge is 0.326 e. The zero-order chi connectivity index (χ0) is 21.9. The fourth-order valence-electron chi connectivity index (χ4n) is 3.99. The maximum absolute atomic E-state index is 12.6. The van der Waals surface area contributed by atoms with E-state index in [0.29, 0.717) is 36.2 Å². The van der Waals surface area contributed by atoms with Crippen molar-refractivity contribution < 1.29 is 22.8 Å². The molecule has 1 aromatic rings. The highest BCUT2D eigenvalue weighted by Gasteiger charge is 2.52. The first-order valence-corrected chi connectivity index (χ1v) is 11.9. The molecule has 1 aliphatic heterocycles. The number of hydrogen-bond donors (Lipinski definition) is 3. The molecule has 0 radical (unpaired) electrons. The molecule has 2 fully saturated rings. The molecule has 4 amide bonds. The highest BCUT2D eigenvalue weighted by atomic mass is 32.2. The van der Waals surface area contributed by atoms with Crippen molar-refractivity contribution >= 4 is 39.2 Å². The molecule has 9 nitrogen and oxygen atoms in total. The molecule has 0 atom stereocenters. The molecule has 0 unspecified atom stereocenters. The van der Waals surface area contributed by atoms with E-state index in [0.717, 1.165) is 17.7 Å². The van der Waals surface area contributed by atoms with E-state index in [-0.39, 0.29) is 30.5 Å². The quantitative estimate of drug-likeness (QED) is 0.540. The Kier molecular flexibility index (Phi) is 6.35. The van der Waals surface area contributed by atoms with Gasteiger partial charge in [0.25, 0.3) is 5.91 Å². The van der Waals surface area contributed by atoms with Crippen molar-refractivity contribution in [3.05, 3.63) is 23.8 Å². The lowest BCUT2D eigenvalue weighted by Gasteiger charge is -2.20. The van der Waals surface area contributed by atoms with Crippen LogP contribution in [0.1, 0.15) is 51.0 Å². The molecule has 1 aromatic carbocycles. The van der Waals surface area contributed by atoms with Crippen LogP contribution in [0.25, 0.3) is 0 Å². The van der Waals surface area contributed by atoms with Gasteiger partial charge in [-0.1, -0.05) is 25.8 Å². The van der Waals surface area contributed by atoms with Crippen molar-refractivity contribution in [1.82, 2.24) is 10.2 Å². The summed E-state index contributed by atoms with van der Waals surface area (Å²) < 4.78 is 26.6. The van der Waals surface area contributed by atoms with E-state index in [1.165, 1.54) is 0 Å². The van der Waals surface area contributed by atoms with Crippen LogP contribution in [0.15, 0.2) is 18.2 Å². The molecule has 1 aliphatic carbocycles. The predicted molar refractivity (Wildman–Crippen MR) is 114 cm³/mol. The molecule has 3 rings (SSSR count). The van der Waals surface area contributed by atoms with Crippen molar-refractivity contribution in [1.29, 1.82) is 0 Å². The summed E-state index contributed by atoms with van der Waals surface area (Å²) in [6, 6.07) is 4.50. The molecule has 1 spiro atoms. The highest BCUT2D eigenvalue weighted by Crippen LogP contribution is 2.35. The fraction of sp³-hybridized carbons (Fsp3) is 0.550. The van der Waals surface area contributed by atoms with Gasteiger partial charge in [-0.3, -0.25) is 19.2 Å². The summed E-state index contributed by atoms with van der Waals surface area (Å²) in [6.45, 7) is 3.49. The van der Waals surface area contributed by atoms with E-state index in [1.54, 1.807) is 32.0 Å². The van der Waals surface area contributed by atoms with Crippen molar-refractivity contribution in [2.45, 2.75) is 57.9 Å². The van der Waals surface area contributed by atoms with Gasteiger partial charge in [0.2, 0.25) is 15.9 Å². The fourth-order valence-corrected chi connectivity index (χ4v) is 5.19. The van der Waals surface area contributed by atoms with Crippen LogP contribution in [0.2, 0.25) is 0 Å². The molecule has 164 valence electrons. The van der Waals surface area contributed by atoms with Gasteiger partial charge in [-0.2, -0.15) is 0 Å². The van der Waals surface area contributed by atoms with Gasteiger partial charge in [-0.25, -0.2) is 13.2 Å². The first-order valence-electron chi connectivity index (χ1n) is 10.2. The van der Waals surface area contributed by atoms with E-state index >= 15 is 0 Å². The summed E-state index contributed by atoms with van der Waals surface area (Å²) >= 11 is 0. The number of rotatable bonds is 8. The number of sulfonamides is 1. The monoisotopic (exact) mass is 436 g/mol. The third-order valence-corrected chi connectivity index (χ3v) is 7.09. The van der Waals surface area contributed by atoms with Gasteiger partial charge in [0.05, 0.1) is 11.4 Å². The molecule has 30 heavy (non-hydrogen) atoms. The smallest absolute Gasteiger partial charge is 0.325 e. The van der Waals surface area contributed by atoms with Gasteiger partial charge < -0.3 is 10.6 Å². The molecule has 10 heteroatoms. The number of imide groups is 1.